The van der Waals surface area contributed by atoms with E-state index in [0.29, 0.717) is 17.2 Å². The fourth-order valence-electron chi connectivity index (χ4n) is 2.10. The van der Waals surface area contributed by atoms with E-state index >= 15 is 0 Å². The quantitative estimate of drug-likeness (QED) is 0.414. The molecule has 3 aromatic rings. The van der Waals surface area contributed by atoms with E-state index < -0.39 is 5.97 Å². The standard InChI is InChI=1S/C21H16O4/c22-17-9-13-20(14-10-17)24-19-11-6-16(7-12-19)8-15-21(23)25-18-4-2-1-3-5-18/h1-15,22H/b15-8+. The molecule has 0 spiro atoms. The molecule has 0 radical (unpaired) electrons. The number of phenols is 1. The Hall–Kier alpha value is -3.53. The maximum absolute atomic E-state index is 11.8. The highest BCUT2D eigenvalue weighted by Gasteiger charge is 2.00. The summed E-state index contributed by atoms with van der Waals surface area (Å²) in [6.45, 7) is 0. The van der Waals surface area contributed by atoms with Gasteiger partial charge in [0, 0.05) is 6.08 Å². The minimum absolute atomic E-state index is 0.190. The molecule has 0 saturated heterocycles. The molecular weight excluding hydrogens is 316 g/mol. The van der Waals surface area contributed by atoms with Crippen LogP contribution in [0.1, 0.15) is 5.56 Å². The van der Waals surface area contributed by atoms with E-state index in [-0.39, 0.29) is 5.75 Å². The number of phenolic OH excluding ortho intramolecular Hbond substituents is 1. The summed E-state index contributed by atoms with van der Waals surface area (Å²) in [4.78, 5) is 11.8. The topological polar surface area (TPSA) is 55.8 Å². The monoisotopic (exact) mass is 332 g/mol. The van der Waals surface area contributed by atoms with Crippen LogP contribution in [0.15, 0.2) is 84.9 Å². The third-order valence-corrected chi connectivity index (χ3v) is 3.33. The molecule has 0 aliphatic heterocycles. The summed E-state index contributed by atoms with van der Waals surface area (Å²) in [5.74, 6) is 1.56. The molecule has 0 aromatic heterocycles. The summed E-state index contributed by atoms with van der Waals surface area (Å²) in [7, 11) is 0. The molecule has 0 saturated carbocycles. The molecule has 25 heavy (non-hydrogen) atoms. The van der Waals surface area contributed by atoms with Crippen molar-refractivity contribution < 1.29 is 19.4 Å². The van der Waals surface area contributed by atoms with Crippen LogP contribution >= 0.6 is 0 Å². The normalized spacial score (nSPS) is 10.6. The van der Waals surface area contributed by atoms with Crippen molar-refractivity contribution in [2.75, 3.05) is 0 Å². The molecular formula is C21H16O4. The zero-order valence-electron chi connectivity index (χ0n) is 13.3. The van der Waals surface area contributed by atoms with Crippen molar-refractivity contribution in [3.8, 4) is 23.0 Å². The Balaban J connectivity index is 1.58. The van der Waals surface area contributed by atoms with Crippen LogP contribution in [0.5, 0.6) is 23.0 Å². The maximum Gasteiger partial charge on any atom is 0.336 e. The van der Waals surface area contributed by atoms with Crippen LogP contribution < -0.4 is 9.47 Å². The van der Waals surface area contributed by atoms with E-state index in [0.717, 1.165) is 5.56 Å². The van der Waals surface area contributed by atoms with Crippen LogP contribution in [0.4, 0.5) is 0 Å². The molecule has 0 amide bonds. The van der Waals surface area contributed by atoms with Gasteiger partial charge in [-0.15, -0.1) is 0 Å². The SMILES string of the molecule is O=C(/C=C/c1ccc(Oc2ccc(O)cc2)cc1)Oc1ccccc1. The molecule has 0 aliphatic rings. The summed E-state index contributed by atoms with van der Waals surface area (Å²) >= 11 is 0. The smallest absolute Gasteiger partial charge is 0.336 e. The largest absolute Gasteiger partial charge is 0.508 e. The van der Waals surface area contributed by atoms with Gasteiger partial charge in [0.15, 0.2) is 0 Å². The van der Waals surface area contributed by atoms with Gasteiger partial charge in [0.05, 0.1) is 0 Å². The molecule has 0 atom stereocenters. The lowest BCUT2D eigenvalue weighted by Gasteiger charge is -2.05. The predicted molar refractivity (Wildman–Crippen MR) is 95.7 cm³/mol. The Morgan fingerprint density at radius 1 is 0.760 bits per heavy atom. The number of rotatable bonds is 5. The highest BCUT2D eigenvalue weighted by Crippen LogP contribution is 2.23. The summed E-state index contributed by atoms with van der Waals surface area (Å²) in [5.41, 5.74) is 0.850. The number of hydrogen-bond acceptors (Lipinski definition) is 4. The molecule has 4 heteroatoms. The number of para-hydroxylation sites is 1. The minimum atomic E-state index is -0.435. The van der Waals surface area contributed by atoms with Crippen molar-refractivity contribution in [2.24, 2.45) is 0 Å². The fourth-order valence-corrected chi connectivity index (χ4v) is 2.10. The van der Waals surface area contributed by atoms with E-state index in [4.69, 9.17) is 9.47 Å². The van der Waals surface area contributed by atoms with Gasteiger partial charge in [0.1, 0.15) is 23.0 Å². The van der Waals surface area contributed by atoms with E-state index in [2.05, 4.69) is 0 Å². The van der Waals surface area contributed by atoms with Gasteiger partial charge in [0.2, 0.25) is 0 Å². The zero-order chi connectivity index (χ0) is 17.5. The Labute approximate surface area is 145 Å². The Morgan fingerprint density at radius 3 is 2.00 bits per heavy atom. The fraction of sp³-hybridized carbons (Fsp3) is 0. The number of carbonyl (C=O) groups excluding carboxylic acids is 1. The number of benzene rings is 3. The number of aromatic hydroxyl groups is 1. The molecule has 0 bridgehead atoms. The molecule has 0 aliphatic carbocycles. The van der Waals surface area contributed by atoms with Crippen LogP contribution in [0.2, 0.25) is 0 Å². The van der Waals surface area contributed by atoms with Crippen LogP contribution in [0.3, 0.4) is 0 Å². The maximum atomic E-state index is 11.8. The van der Waals surface area contributed by atoms with E-state index in [1.54, 1.807) is 66.7 Å². The Morgan fingerprint density at radius 2 is 1.36 bits per heavy atom. The van der Waals surface area contributed by atoms with Gasteiger partial charge in [-0.2, -0.15) is 0 Å². The first-order valence-electron chi connectivity index (χ1n) is 7.71. The highest BCUT2D eigenvalue weighted by atomic mass is 16.5. The van der Waals surface area contributed by atoms with E-state index in [1.165, 1.54) is 6.08 Å². The second-order valence-corrected chi connectivity index (χ2v) is 5.23. The first-order valence-corrected chi connectivity index (χ1v) is 7.71. The third-order valence-electron chi connectivity index (χ3n) is 3.33. The van der Waals surface area contributed by atoms with Crippen molar-refractivity contribution in [3.05, 3.63) is 90.5 Å². The number of hydrogen-bond donors (Lipinski definition) is 1. The molecule has 0 fully saturated rings. The van der Waals surface area contributed by atoms with E-state index in [9.17, 15) is 9.90 Å². The van der Waals surface area contributed by atoms with Crippen molar-refractivity contribution in [2.45, 2.75) is 0 Å². The third kappa shape index (κ3) is 4.97. The van der Waals surface area contributed by atoms with Crippen LogP contribution in [0.25, 0.3) is 6.08 Å². The second-order valence-electron chi connectivity index (χ2n) is 5.23. The lowest BCUT2D eigenvalue weighted by Crippen LogP contribution is -2.03. The van der Waals surface area contributed by atoms with E-state index in [1.807, 2.05) is 18.2 Å². The van der Waals surface area contributed by atoms with Crippen LogP contribution in [0, 0.1) is 0 Å². The number of esters is 1. The highest BCUT2D eigenvalue weighted by molar-refractivity contribution is 5.88. The average molecular weight is 332 g/mol. The number of carbonyl (C=O) groups is 1. The molecule has 0 unspecified atom stereocenters. The Bertz CT molecular complexity index is 851. The molecule has 0 heterocycles. The Kier molecular flexibility index (Phi) is 5.12. The molecule has 1 N–H and O–H groups in total. The van der Waals surface area contributed by atoms with Gasteiger partial charge in [-0.25, -0.2) is 4.79 Å². The van der Waals surface area contributed by atoms with Gasteiger partial charge in [0.25, 0.3) is 0 Å². The van der Waals surface area contributed by atoms with Gasteiger partial charge in [-0.3, -0.25) is 0 Å². The summed E-state index contributed by atoms with van der Waals surface area (Å²) in [6.07, 6.45) is 3.05. The molecule has 124 valence electrons. The van der Waals surface area contributed by atoms with Crippen LogP contribution in [-0.4, -0.2) is 11.1 Å². The molecule has 4 nitrogen and oxygen atoms in total. The van der Waals surface area contributed by atoms with Gasteiger partial charge in [-0.1, -0.05) is 30.3 Å². The summed E-state index contributed by atoms with van der Waals surface area (Å²) in [6, 6.07) is 22.7. The molecule has 3 rings (SSSR count). The van der Waals surface area contributed by atoms with Crippen molar-refractivity contribution in [1.82, 2.24) is 0 Å². The second kappa shape index (κ2) is 7.84. The number of ether oxygens (including phenoxy) is 2. The average Bonchev–Trinajstić information content (AvgIpc) is 2.64. The minimum Gasteiger partial charge on any atom is -0.508 e. The lowest BCUT2D eigenvalue weighted by atomic mass is 10.2. The zero-order valence-corrected chi connectivity index (χ0v) is 13.3. The van der Waals surface area contributed by atoms with Gasteiger partial charge < -0.3 is 14.6 Å². The van der Waals surface area contributed by atoms with Crippen LogP contribution in [-0.2, 0) is 4.79 Å². The van der Waals surface area contributed by atoms with Crippen molar-refractivity contribution in [3.63, 3.8) is 0 Å². The van der Waals surface area contributed by atoms with Crippen molar-refractivity contribution in [1.29, 1.82) is 0 Å². The first-order chi connectivity index (χ1) is 12.2. The van der Waals surface area contributed by atoms with Gasteiger partial charge >= 0.3 is 5.97 Å². The predicted octanol–water partition coefficient (Wildman–Crippen LogP) is 4.80. The van der Waals surface area contributed by atoms with Crippen molar-refractivity contribution >= 4 is 12.0 Å². The lowest BCUT2D eigenvalue weighted by molar-refractivity contribution is -0.128. The molecule has 3 aromatic carbocycles. The first kappa shape index (κ1) is 16.3. The van der Waals surface area contributed by atoms with Gasteiger partial charge in [-0.05, 0) is 60.2 Å². The summed E-state index contributed by atoms with van der Waals surface area (Å²) < 4.78 is 10.8. The summed E-state index contributed by atoms with van der Waals surface area (Å²) in [5, 5.41) is 9.26.